The van der Waals surface area contributed by atoms with Crippen LogP contribution in [0.15, 0.2) is 71.6 Å². The van der Waals surface area contributed by atoms with Crippen LogP contribution < -0.4 is 0 Å². The van der Waals surface area contributed by atoms with Gasteiger partial charge in [-0.2, -0.15) is 5.10 Å². The number of sulfone groups is 1. The molecule has 0 atom stereocenters. The second kappa shape index (κ2) is 8.22. The molecule has 0 bridgehead atoms. The van der Waals surface area contributed by atoms with Crippen molar-refractivity contribution in [2.45, 2.75) is 11.8 Å². The van der Waals surface area contributed by atoms with Crippen LogP contribution in [0.25, 0.3) is 23.0 Å². The molecule has 0 spiro atoms. The first-order valence-electron chi connectivity index (χ1n) is 8.69. The highest BCUT2D eigenvalue weighted by Crippen LogP contribution is 2.25. The van der Waals surface area contributed by atoms with Crippen LogP contribution in [0.4, 0.5) is 0 Å². The van der Waals surface area contributed by atoms with Gasteiger partial charge in [0.05, 0.1) is 28.6 Å². The van der Waals surface area contributed by atoms with Crippen LogP contribution in [0.3, 0.4) is 0 Å². The third kappa shape index (κ3) is 4.55. The van der Waals surface area contributed by atoms with E-state index in [1.165, 1.54) is 12.3 Å². The zero-order chi connectivity index (χ0) is 20.1. The summed E-state index contributed by atoms with van der Waals surface area (Å²) >= 11 is 0. The maximum absolute atomic E-state index is 11.7. The lowest BCUT2D eigenvalue weighted by molar-refractivity contribution is -0.137. The summed E-state index contributed by atoms with van der Waals surface area (Å²) in [6, 6.07) is 18.0. The number of carbonyl (C=O) groups is 1. The predicted octanol–water partition coefficient (Wildman–Crippen LogP) is 3.52. The number of ether oxygens (including phenoxy) is 1. The van der Waals surface area contributed by atoms with Gasteiger partial charge >= 0.3 is 5.97 Å². The third-order valence-electron chi connectivity index (χ3n) is 3.98. The number of hydrogen-bond acceptors (Lipinski definition) is 5. The second-order valence-corrected chi connectivity index (χ2v) is 8.10. The number of benzene rings is 2. The molecule has 28 heavy (non-hydrogen) atoms. The molecule has 6 nitrogen and oxygen atoms in total. The Hall–Kier alpha value is -3.19. The first-order valence-corrected chi connectivity index (χ1v) is 10.6. The van der Waals surface area contributed by atoms with Crippen LogP contribution >= 0.6 is 0 Å². The van der Waals surface area contributed by atoms with E-state index in [4.69, 9.17) is 4.74 Å². The van der Waals surface area contributed by atoms with Crippen LogP contribution in [0.5, 0.6) is 0 Å². The van der Waals surface area contributed by atoms with Crippen LogP contribution in [0, 0.1) is 0 Å². The van der Waals surface area contributed by atoms with Gasteiger partial charge in [-0.3, -0.25) is 0 Å². The van der Waals surface area contributed by atoms with Crippen LogP contribution in [-0.4, -0.2) is 37.0 Å². The second-order valence-electron chi connectivity index (χ2n) is 6.08. The fraction of sp³-hybridized carbons (Fsp3) is 0.143. The SMILES string of the molecule is CCOC(=O)C=Cc1cc(-c2ccccc2)n(-c2ccc(S(C)(=O)=O)cc2)n1. The van der Waals surface area contributed by atoms with E-state index >= 15 is 0 Å². The molecule has 0 saturated carbocycles. The predicted molar refractivity (Wildman–Crippen MR) is 108 cm³/mol. The van der Waals surface area contributed by atoms with E-state index < -0.39 is 15.8 Å². The van der Waals surface area contributed by atoms with Gasteiger partial charge in [0.15, 0.2) is 9.84 Å². The summed E-state index contributed by atoms with van der Waals surface area (Å²) in [6.45, 7) is 2.05. The fourth-order valence-corrected chi connectivity index (χ4v) is 3.30. The number of carbonyl (C=O) groups excluding carboxylic acids is 1. The van der Waals surface area contributed by atoms with Crippen molar-refractivity contribution in [3.8, 4) is 16.9 Å². The Balaban J connectivity index is 2.04. The van der Waals surface area contributed by atoms with E-state index in [0.29, 0.717) is 18.0 Å². The van der Waals surface area contributed by atoms with Gasteiger partial charge in [0.2, 0.25) is 0 Å². The minimum Gasteiger partial charge on any atom is -0.463 e. The maximum atomic E-state index is 11.7. The van der Waals surface area contributed by atoms with E-state index in [1.54, 1.807) is 41.9 Å². The molecule has 2 aromatic carbocycles. The highest BCUT2D eigenvalue weighted by atomic mass is 32.2. The molecular weight excluding hydrogens is 376 g/mol. The van der Waals surface area contributed by atoms with Crippen molar-refractivity contribution in [3.05, 3.63) is 72.4 Å². The van der Waals surface area contributed by atoms with Crippen molar-refractivity contribution in [1.29, 1.82) is 0 Å². The Morgan fingerprint density at radius 2 is 1.79 bits per heavy atom. The zero-order valence-corrected chi connectivity index (χ0v) is 16.4. The van der Waals surface area contributed by atoms with Gasteiger partial charge in [0.25, 0.3) is 0 Å². The summed E-state index contributed by atoms with van der Waals surface area (Å²) in [5.41, 5.74) is 3.05. The molecule has 0 aliphatic rings. The summed E-state index contributed by atoms with van der Waals surface area (Å²) in [6.07, 6.45) is 4.09. The van der Waals surface area contributed by atoms with Crippen molar-refractivity contribution in [1.82, 2.24) is 9.78 Å². The maximum Gasteiger partial charge on any atom is 0.330 e. The topological polar surface area (TPSA) is 78.3 Å². The van der Waals surface area contributed by atoms with Gasteiger partial charge in [0.1, 0.15) is 0 Å². The third-order valence-corrected chi connectivity index (χ3v) is 5.11. The molecule has 0 fully saturated rings. The van der Waals surface area contributed by atoms with E-state index in [0.717, 1.165) is 11.3 Å². The van der Waals surface area contributed by atoms with Gasteiger partial charge in [-0.05, 0) is 43.3 Å². The van der Waals surface area contributed by atoms with Crippen molar-refractivity contribution < 1.29 is 17.9 Å². The Bertz CT molecular complexity index is 1100. The summed E-state index contributed by atoms with van der Waals surface area (Å²) in [5, 5.41) is 4.55. The van der Waals surface area contributed by atoms with Crippen molar-refractivity contribution in [3.63, 3.8) is 0 Å². The number of nitrogens with zero attached hydrogens (tertiary/aromatic N) is 2. The molecule has 3 aromatic rings. The number of rotatable bonds is 6. The molecule has 144 valence electrons. The fourth-order valence-electron chi connectivity index (χ4n) is 2.67. The van der Waals surface area contributed by atoms with Gasteiger partial charge in [-0.1, -0.05) is 30.3 Å². The molecule has 0 N–H and O–H groups in total. The Morgan fingerprint density at radius 3 is 2.39 bits per heavy atom. The summed E-state index contributed by atoms with van der Waals surface area (Å²) < 4.78 is 30.0. The summed E-state index contributed by atoms with van der Waals surface area (Å²) in [4.78, 5) is 11.8. The average molecular weight is 396 g/mol. The molecular formula is C21H20N2O4S. The van der Waals surface area contributed by atoms with Crippen molar-refractivity contribution in [2.75, 3.05) is 12.9 Å². The minimum atomic E-state index is -3.27. The molecule has 0 amide bonds. The van der Waals surface area contributed by atoms with E-state index in [9.17, 15) is 13.2 Å². The Labute approximate surface area is 164 Å². The lowest BCUT2D eigenvalue weighted by atomic mass is 10.1. The molecule has 7 heteroatoms. The average Bonchev–Trinajstić information content (AvgIpc) is 3.11. The quantitative estimate of drug-likeness (QED) is 0.471. The lowest BCUT2D eigenvalue weighted by Gasteiger charge is -2.08. The van der Waals surface area contributed by atoms with Gasteiger partial charge < -0.3 is 4.74 Å². The van der Waals surface area contributed by atoms with Gasteiger partial charge in [0, 0.05) is 17.9 Å². The molecule has 0 aliphatic heterocycles. The summed E-state index contributed by atoms with van der Waals surface area (Å²) in [5.74, 6) is -0.434. The van der Waals surface area contributed by atoms with Crippen molar-refractivity contribution >= 4 is 21.9 Å². The molecule has 0 aliphatic carbocycles. The molecule has 0 saturated heterocycles. The largest absolute Gasteiger partial charge is 0.463 e. The summed E-state index contributed by atoms with van der Waals surface area (Å²) in [7, 11) is -3.27. The molecule has 3 rings (SSSR count). The zero-order valence-electron chi connectivity index (χ0n) is 15.6. The van der Waals surface area contributed by atoms with E-state index in [-0.39, 0.29) is 4.90 Å². The first-order chi connectivity index (χ1) is 13.4. The van der Waals surface area contributed by atoms with Crippen LogP contribution in [0.1, 0.15) is 12.6 Å². The standard InChI is InChI=1S/C21H20N2O4S/c1-3-27-21(24)14-9-17-15-20(16-7-5-4-6-8-16)23(22-17)18-10-12-19(13-11-18)28(2,25)26/h4-15H,3H2,1-2H3. The van der Waals surface area contributed by atoms with Gasteiger partial charge in [-0.15, -0.1) is 0 Å². The Morgan fingerprint density at radius 1 is 1.11 bits per heavy atom. The number of esters is 1. The monoisotopic (exact) mass is 396 g/mol. The Kier molecular flexibility index (Phi) is 5.75. The normalized spacial score (nSPS) is 11.6. The smallest absolute Gasteiger partial charge is 0.330 e. The highest BCUT2D eigenvalue weighted by molar-refractivity contribution is 7.90. The number of hydrogen-bond donors (Lipinski definition) is 0. The first kappa shape index (κ1) is 19.6. The molecule has 1 heterocycles. The highest BCUT2D eigenvalue weighted by Gasteiger charge is 2.12. The molecule has 0 unspecified atom stereocenters. The molecule has 1 aromatic heterocycles. The van der Waals surface area contributed by atoms with Crippen molar-refractivity contribution in [2.24, 2.45) is 0 Å². The number of aromatic nitrogens is 2. The van der Waals surface area contributed by atoms with Crippen LogP contribution in [0.2, 0.25) is 0 Å². The van der Waals surface area contributed by atoms with E-state index in [1.807, 2.05) is 36.4 Å². The molecule has 0 radical (unpaired) electrons. The van der Waals surface area contributed by atoms with Crippen LogP contribution in [-0.2, 0) is 19.4 Å². The van der Waals surface area contributed by atoms with Gasteiger partial charge in [-0.25, -0.2) is 17.9 Å². The van der Waals surface area contributed by atoms with E-state index in [2.05, 4.69) is 5.10 Å². The lowest BCUT2D eigenvalue weighted by Crippen LogP contribution is -2.01. The minimum absolute atomic E-state index is 0.243.